The molecule has 3 aromatic rings. The first-order valence-electron chi connectivity index (χ1n) is 13.1. The maximum absolute atomic E-state index is 14.9. The average Bonchev–Trinajstić information content (AvgIpc) is 2.98. The molecule has 2 aromatic carbocycles. The highest BCUT2D eigenvalue weighted by Gasteiger charge is 2.29. The Hall–Kier alpha value is -3.20. The molecule has 1 aliphatic heterocycles. The number of rotatable bonds is 10. The Balaban J connectivity index is 1.43. The van der Waals surface area contributed by atoms with Gasteiger partial charge in [0.1, 0.15) is 18.2 Å². The molecule has 1 aliphatic rings. The van der Waals surface area contributed by atoms with E-state index in [1.807, 2.05) is 24.3 Å². The first-order valence-corrected chi connectivity index (χ1v) is 14.2. The number of anilines is 1. The van der Waals surface area contributed by atoms with Crippen molar-refractivity contribution in [2.45, 2.75) is 36.9 Å². The quantitative estimate of drug-likeness (QED) is 0.241. The SMILES string of the molecule is CNC(=O)OC[C@@H]1CO[C@H](CCc2c(F)cncc2NC(=O)[C@@H](N)C(c2ccc(F)cc2)c2ccc(I)cc2)CN1. The van der Waals surface area contributed by atoms with Gasteiger partial charge >= 0.3 is 6.09 Å². The number of nitrogens with zero attached hydrogens (tertiary/aromatic N) is 1. The molecule has 1 unspecified atom stereocenters. The van der Waals surface area contributed by atoms with Crippen LogP contribution in [0, 0.1) is 15.2 Å². The second kappa shape index (κ2) is 14.6. The van der Waals surface area contributed by atoms with Crippen molar-refractivity contribution in [3.63, 3.8) is 0 Å². The molecule has 41 heavy (non-hydrogen) atoms. The van der Waals surface area contributed by atoms with Crippen LogP contribution >= 0.6 is 22.6 Å². The summed E-state index contributed by atoms with van der Waals surface area (Å²) in [4.78, 5) is 28.6. The lowest BCUT2D eigenvalue weighted by Gasteiger charge is -2.30. The maximum atomic E-state index is 14.9. The third-order valence-electron chi connectivity index (χ3n) is 6.89. The van der Waals surface area contributed by atoms with Crippen LogP contribution in [0.4, 0.5) is 19.3 Å². The highest BCUT2D eigenvalue weighted by molar-refractivity contribution is 14.1. The summed E-state index contributed by atoms with van der Waals surface area (Å²) in [5.74, 6) is -2.04. The molecule has 0 saturated carbocycles. The van der Waals surface area contributed by atoms with E-state index in [1.165, 1.54) is 25.4 Å². The number of morpholine rings is 1. The number of carbonyl (C=O) groups excluding carboxylic acids is 2. The number of pyridine rings is 1. The Morgan fingerprint density at radius 3 is 2.46 bits per heavy atom. The molecular formula is C29H32F2IN5O4. The fourth-order valence-corrected chi connectivity index (χ4v) is 5.01. The van der Waals surface area contributed by atoms with Crippen LogP contribution in [0.3, 0.4) is 0 Å². The van der Waals surface area contributed by atoms with E-state index in [-0.39, 0.29) is 30.9 Å². The van der Waals surface area contributed by atoms with Gasteiger partial charge in [-0.25, -0.2) is 13.6 Å². The van der Waals surface area contributed by atoms with Gasteiger partial charge in [-0.1, -0.05) is 24.3 Å². The van der Waals surface area contributed by atoms with Gasteiger partial charge in [0.2, 0.25) is 5.91 Å². The molecule has 5 N–H and O–H groups in total. The van der Waals surface area contributed by atoms with E-state index >= 15 is 0 Å². The highest BCUT2D eigenvalue weighted by atomic mass is 127. The Bertz CT molecular complexity index is 1280. The van der Waals surface area contributed by atoms with Gasteiger partial charge in [0.15, 0.2) is 0 Å². The van der Waals surface area contributed by atoms with Gasteiger partial charge in [0.05, 0.1) is 42.9 Å². The fourth-order valence-electron chi connectivity index (χ4n) is 4.65. The van der Waals surface area contributed by atoms with E-state index < -0.39 is 35.6 Å². The molecular weight excluding hydrogens is 647 g/mol. The predicted molar refractivity (Wildman–Crippen MR) is 158 cm³/mol. The van der Waals surface area contributed by atoms with Crippen LogP contribution in [0.1, 0.15) is 29.0 Å². The van der Waals surface area contributed by atoms with E-state index in [0.717, 1.165) is 15.3 Å². The summed E-state index contributed by atoms with van der Waals surface area (Å²) in [6.45, 7) is 1.00. The van der Waals surface area contributed by atoms with E-state index in [9.17, 15) is 18.4 Å². The highest BCUT2D eigenvalue weighted by Crippen LogP contribution is 2.30. The van der Waals surface area contributed by atoms with Crippen LogP contribution in [0.25, 0.3) is 0 Å². The van der Waals surface area contributed by atoms with E-state index in [0.29, 0.717) is 30.7 Å². The second-order valence-electron chi connectivity index (χ2n) is 9.69. The van der Waals surface area contributed by atoms with Gasteiger partial charge < -0.3 is 31.2 Å². The smallest absolute Gasteiger partial charge is 0.406 e. The number of hydrogen-bond donors (Lipinski definition) is 4. The molecule has 0 bridgehead atoms. The molecule has 2 heterocycles. The fraction of sp³-hybridized carbons (Fsp3) is 0.345. The summed E-state index contributed by atoms with van der Waals surface area (Å²) in [7, 11) is 1.49. The first kappa shape index (κ1) is 30.8. The van der Waals surface area contributed by atoms with E-state index in [4.69, 9.17) is 15.2 Å². The van der Waals surface area contributed by atoms with E-state index in [1.54, 1.807) is 12.1 Å². The van der Waals surface area contributed by atoms with Crippen molar-refractivity contribution < 1.29 is 27.8 Å². The number of nitrogens with one attached hydrogen (secondary N) is 3. The number of alkyl carbamates (subject to hydrolysis) is 1. The maximum Gasteiger partial charge on any atom is 0.406 e. The zero-order chi connectivity index (χ0) is 29.4. The number of hydrogen-bond acceptors (Lipinski definition) is 7. The van der Waals surface area contributed by atoms with Crippen molar-refractivity contribution in [3.8, 4) is 0 Å². The van der Waals surface area contributed by atoms with Crippen LogP contribution in [-0.2, 0) is 20.7 Å². The van der Waals surface area contributed by atoms with Gasteiger partial charge in [0, 0.05) is 28.6 Å². The molecule has 4 atom stereocenters. The van der Waals surface area contributed by atoms with Crippen molar-refractivity contribution in [2.24, 2.45) is 5.73 Å². The van der Waals surface area contributed by atoms with E-state index in [2.05, 4.69) is 43.5 Å². The normalized spacial score (nSPS) is 18.3. The van der Waals surface area contributed by atoms with Crippen LogP contribution in [0.2, 0.25) is 0 Å². The Morgan fingerprint density at radius 2 is 1.83 bits per heavy atom. The summed E-state index contributed by atoms with van der Waals surface area (Å²) in [6.07, 6.45) is 2.54. The molecule has 0 radical (unpaired) electrons. The van der Waals surface area contributed by atoms with Crippen molar-refractivity contribution in [2.75, 3.05) is 32.1 Å². The van der Waals surface area contributed by atoms with Crippen molar-refractivity contribution in [1.29, 1.82) is 0 Å². The second-order valence-corrected chi connectivity index (χ2v) is 10.9. The van der Waals surface area contributed by atoms with Crippen LogP contribution in [-0.4, -0.2) is 62.0 Å². The molecule has 1 fully saturated rings. The van der Waals surface area contributed by atoms with Crippen molar-refractivity contribution in [3.05, 3.63) is 92.8 Å². The third-order valence-corrected chi connectivity index (χ3v) is 7.61. The number of amides is 2. The molecule has 12 heteroatoms. The zero-order valence-electron chi connectivity index (χ0n) is 22.4. The molecule has 2 amide bonds. The Labute approximate surface area is 250 Å². The van der Waals surface area contributed by atoms with Crippen LogP contribution in [0.15, 0.2) is 60.9 Å². The lowest BCUT2D eigenvalue weighted by Crippen LogP contribution is -2.49. The monoisotopic (exact) mass is 679 g/mol. The molecule has 1 saturated heterocycles. The zero-order valence-corrected chi connectivity index (χ0v) is 24.6. The van der Waals surface area contributed by atoms with Crippen molar-refractivity contribution >= 4 is 40.3 Å². The number of aromatic nitrogens is 1. The standard InChI is InChI=1S/C29H32F2IN5O4/c1-34-29(39)41-16-21-15-40-22(12-36-21)10-11-23-24(31)13-35-14-25(23)37-28(38)27(33)26(17-2-6-19(30)7-3-17)18-4-8-20(32)9-5-18/h2-9,13-14,21-22,26-27,36H,10-12,15-16,33H2,1H3,(H,34,39)(H,37,38)/t21-,22+,26?,27-/m0/s1. The van der Waals surface area contributed by atoms with Gasteiger partial charge in [-0.2, -0.15) is 0 Å². The largest absolute Gasteiger partial charge is 0.448 e. The number of carbonyl (C=O) groups is 2. The molecule has 4 rings (SSSR count). The minimum atomic E-state index is -1.06. The molecule has 1 aromatic heterocycles. The minimum absolute atomic E-state index is 0.139. The van der Waals surface area contributed by atoms with Gasteiger partial charge in [-0.05, 0) is 70.8 Å². The molecule has 9 nitrogen and oxygen atoms in total. The molecule has 0 aliphatic carbocycles. The third kappa shape index (κ3) is 8.41. The Morgan fingerprint density at radius 1 is 1.15 bits per heavy atom. The minimum Gasteiger partial charge on any atom is -0.448 e. The first-order chi connectivity index (χ1) is 19.7. The summed E-state index contributed by atoms with van der Waals surface area (Å²) in [6, 6.07) is 12.2. The van der Waals surface area contributed by atoms with Gasteiger partial charge in [-0.15, -0.1) is 0 Å². The average molecular weight is 680 g/mol. The molecule has 0 spiro atoms. The number of nitrogens with two attached hydrogens (primary N) is 1. The number of halogens is 3. The van der Waals surface area contributed by atoms with Gasteiger partial charge in [-0.3, -0.25) is 9.78 Å². The Kier molecular flexibility index (Phi) is 11.0. The number of benzene rings is 2. The lowest BCUT2D eigenvalue weighted by molar-refractivity contribution is -0.117. The number of ether oxygens (including phenoxy) is 2. The lowest BCUT2D eigenvalue weighted by atomic mass is 9.85. The summed E-state index contributed by atoms with van der Waals surface area (Å²) >= 11 is 2.19. The molecule has 218 valence electrons. The van der Waals surface area contributed by atoms with Gasteiger partial charge in [0.25, 0.3) is 0 Å². The summed E-state index contributed by atoms with van der Waals surface area (Å²) < 4.78 is 40.5. The predicted octanol–water partition coefficient (Wildman–Crippen LogP) is 3.71. The topological polar surface area (TPSA) is 128 Å². The summed E-state index contributed by atoms with van der Waals surface area (Å²) in [5.41, 5.74) is 8.49. The summed E-state index contributed by atoms with van der Waals surface area (Å²) in [5, 5.41) is 8.42. The van der Waals surface area contributed by atoms with Crippen molar-refractivity contribution in [1.82, 2.24) is 15.6 Å². The van der Waals surface area contributed by atoms with Crippen LogP contribution in [0.5, 0.6) is 0 Å². The van der Waals surface area contributed by atoms with Crippen LogP contribution < -0.4 is 21.7 Å².